The fourth-order valence-electron chi connectivity index (χ4n) is 4.44. The van der Waals surface area contributed by atoms with E-state index in [9.17, 15) is 9.59 Å². The number of carbonyl (C=O) groups is 2. The monoisotopic (exact) mass is 412 g/mol. The summed E-state index contributed by atoms with van der Waals surface area (Å²) in [6.07, 6.45) is 9.33. The van der Waals surface area contributed by atoms with Crippen molar-refractivity contribution in [1.29, 1.82) is 0 Å². The standard InChI is InChI=1S/C22H28N4O2S/c1-15(21-25-19(14-29-21)16-8-10-23-11-9-16)24-20(27)17-6-2-3-7-18(17)22(28)26-12-4-5-13-26/h8-11,14-15,17-18H,2-7,12-13H2,1H3,(H,24,27). The van der Waals surface area contributed by atoms with E-state index in [1.807, 2.05) is 29.3 Å². The fraction of sp³-hybridized carbons (Fsp3) is 0.545. The maximum Gasteiger partial charge on any atom is 0.226 e. The van der Waals surface area contributed by atoms with Crippen LogP contribution in [-0.4, -0.2) is 39.8 Å². The van der Waals surface area contributed by atoms with Crippen molar-refractivity contribution in [3.8, 4) is 11.3 Å². The van der Waals surface area contributed by atoms with Crippen LogP contribution in [0.4, 0.5) is 0 Å². The summed E-state index contributed by atoms with van der Waals surface area (Å²) in [5, 5.41) is 6.02. The predicted molar refractivity (Wildman–Crippen MR) is 113 cm³/mol. The average molecular weight is 413 g/mol. The minimum atomic E-state index is -0.223. The van der Waals surface area contributed by atoms with E-state index in [1.54, 1.807) is 23.7 Å². The molecule has 2 aromatic rings. The van der Waals surface area contributed by atoms with Gasteiger partial charge in [0, 0.05) is 48.3 Å². The molecule has 0 radical (unpaired) electrons. The second-order valence-corrected chi connectivity index (χ2v) is 8.96. The van der Waals surface area contributed by atoms with Crippen LogP contribution in [0, 0.1) is 11.8 Å². The van der Waals surface area contributed by atoms with Crippen LogP contribution in [0.15, 0.2) is 29.9 Å². The summed E-state index contributed by atoms with van der Waals surface area (Å²) < 4.78 is 0. The highest BCUT2D eigenvalue weighted by molar-refractivity contribution is 7.10. The van der Waals surface area contributed by atoms with Gasteiger partial charge in [0.15, 0.2) is 0 Å². The number of hydrogen-bond donors (Lipinski definition) is 1. The lowest BCUT2D eigenvalue weighted by Gasteiger charge is -2.33. The minimum absolute atomic E-state index is 0.00425. The third-order valence-corrected chi connectivity index (χ3v) is 7.09. The van der Waals surface area contributed by atoms with Gasteiger partial charge in [-0.2, -0.15) is 0 Å². The van der Waals surface area contributed by atoms with E-state index in [0.717, 1.165) is 67.9 Å². The average Bonchev–Trinajstić information content (AvgIpc) is 3.46. The molecule has 4 rings (SSSR count). The third-order valence-electron chi connectivity index (χ3n) is 6.06. The van der Waals surface area contributed by atoms with Crippen LogP contribution in [0.3, 0.4) is 0 Å². The molecule has 3 atom stereocenters. The predicted octanol–water partition coefficient (Wildman–Crippen LogP) is 3.81. The molecule has 1 aliphatic carbocycles. The number of thiazole rings is 1. The van der Waals surface area contributed by atoms with Crippen molar-refractivity contribution in [2.75, 3.05) is 13.1 Å². The number of pyridine rings is 1. The topological polar surface area (TPSA) is 75.2 Å². The van der Waals surface area contributed by atoms with E-state index in [0.29, 0.717) is 0 Å². The van der Waals surface area contributed by atoms with Gasteiger partial charge in [-0.15, -0.1) is 11.3 Å². The first-order valence-corrected chi connectivity index (χ1v) is 11.5. The number of likely N-dealkylation sites (tertiary alicyclic amines) is 1. The molecule has 2 aromatic heterocycles. The van der Waals surface area contributed by atoms with Crippen LogP contribution in [0.2, 0.25) is 0 Å². The van der Waals surface area contributed by atoms with Gasteiger partial charge in [-0.1, -0.05) is 12.8 Å². The van der Waals surface area contributed by atoms with E-state index in [-0.39, 0.29) is 29.7 Å². The van der Waals surface area contributed by atoms with Crippen LogP contribution in [0.5, 0.6) is 0 Å². The van der Waals surface area contributed by atoms with Crippen molar-refractivity contribution in [3.05, 3.63) is 34.9 Å². The third kappa shape index (κ3) is 4.50. The molecule has 6 nitrogen and oxygen atoms in total. The minimum Gasteiger partial charge on any atom is -0.347 e. The Bertz CT molecular complexity index is 848. The molecule has 154 valence electrons. The zero-order valence-electron chi connectivity index (χ0n) is 16.8. The number of hydrogen-bond acceptors (Lipinski definition) is 5. The molecule has 7 heteroatoms. The summed E-state index contributed by atoms with van der Waals surface area (Å²) in [5.74, 6) is -0.212. The molecule has 1 saturated carbocycles. The first-order chi connectivity index (χ1) is 14.1. The lowest BCUT2D eigenvalue weighted by Crippen LogP contribution is -2.45. The smallest absolute Gasteiger partial charge is 0.226 e. The molecule has 0 aromatic carbocycles. The van der Waals surface area contributed by atoms with Gasteiger partial charge in [0.05, 0.1) is 11.7 Å². The fourth-order valence-corrected chi connectivity index (χ4v) is 5.27. The highest BCUT2D eigenvalue weighted by Crippen LogP contribution is 2.33. The number of carbonyl (C=O) groups excluding carboxylic acids is 2. The molecule has 1 saturated heterocycles. The Labute approximate surface area is 175 Å². The van der Waals surface area contributed by atoms with Gasteiger partial charge < -0.3 is 10.2 Å². The molecule has 2 amide bonds. The Morgan fingerprint density at radius 1 is 1.10 bits per heavy atom. The number of aromatic nitrogens is 2. The van der Waals surface area contributed by atoms with Crippen LogP contribution in [-0.2, 0) is 9.59 Å². The molecule has 1 N–H and O–H groups in total. The molecular weight excluding hydrogens is 384 g/mol. The Hall–Kier alpha value is -2.28. The highest BCUT2D eigenvalue weighted by atomic mass is 32.1. The van der Waals surface area contributed by atoms with Crippen LogP contribution >= 0.6 is 11.3 Å². The normalized spacial score (nSPS) is 23.0. The summed E-state index contributed by atoms with van der Waals surface area (Å²) in [4.78, 5) is 36.7. The molecule has 0 spiro atoms. The molecule has 1 aliphatic heterocycles. The van der Waals surface area contributed by atoms with E-state index in [1.165, 1.54) is 0 Å². The Morgan fingerprint density at radius 2 is 1.79 bits per heavy atom. The Kier molecular flexibility index (Phi) is 6.23. The van der Waals surface area contributed by atoms with Gasteiger partial charge in [-0.3, -0.25) is 14.6 Å². The first kappa shape index (κ1) is 20.0. The van der Waals surface area contributed by atoms with Crippen molar-refractivity contribution >= 4 is 23.2 Å². The van der Waals surface area contributed by atoms with Crippen molar-refractivity contribution in [2.24, 2.45) is 11.8 Å². The summed E-state index contributed by atoms with van der Waals surface area (Å²) in [7, 11) is 0. The molecule has 2 aliphatic rings. The molecular formula is C22H28N4O2S. The van der Waals surface area contributed by atoms with Crippen LogP contribution in [0.25, 0.3) is 11.3 Å². The number of nitrogens with one attached hydrogen (secondary N) is 1. The zero-order chi connectivity index (χ0) is 20.2. The number of rotatable bonds is 5. The Balaban J connectivity index is 1.42. The van der Waals surface area contributed by atoms with E-state index in [4.69, 9.17) is 4.98 Å². The second-order valence-electron chi connectivity index (χ2n) is 8.07. The maximum atomic E-state index is 13.1. The van der Waals surface area contributed by atoms with Gasteiger partial charge in [0.25, 0.3) is 0 Å². The van der Waals surface area contributed by atoms with Crippen molar-refractivity contribution in [3.63, 3.8) is 0 Å². The molecule has 2 fully saturated rings. The molecule has 3 heterocycles. The van der Waals surface area contributed by atoms with Gasteiger partial charge in [-0.25, -0.2) is 4.98 Å². The van der Waals surface area contributed by atoms with E-state index >= 15 is 0 Å². The zero-order valence-corrected chi connectivity index (χ0v) is 17.7. The quantitative estimate of drug-likeness (QED) is 0.810. The summed E-state index contributed by atoms with van der Waals surface area (Å²) in [5.41, 5.74) is 1.91. The lowest BCUT2D eigenvalue weighted by atomic mass is 9.77. The molecule has 0 bridgehead atoms. The largest absolute Gasteiger partial charge is 0.347 e. The highest BCUT2D eigenvalue weighted by Gasteiger charge is 2.38. The second kappa shape index (κ2) is 9.03. The van der Waals surface area contributed by atoms with Crippen LogP contribution in [0.1, 0.15) is 56.5 Å². The molecule has 29 heavy (non-hydrogen) atoms. The van der Waals surface area contributed by atoms with Gasteiger partial charge >= 0.3 is 0 Å². The van der Waals surface area contributed by atoms with Crippen molar-refractivity contribution in [1.82, 2.24) is 20.2 Å². The van der Waals surface area contributed by atoms with E-state index < -0.39 is 0 Å². The number of nitrogens with zero attached hydrogens (tertiary/aromatic N) is 3. The number of amides is 2. The lowest BCUT2D eigenvalue weighted by molar-refractivity contribution is -0.143. The Morgan fingerprint density at radius 3 is 2.52 bits per heavy atom. The summed E-state index contributed by atoms with van der Waals surface area (Å²) in [6.45, 7) is 3.65. The van der Waals surface area contributed by atoms with Crippen molar-refractivity contribution in [2.45, 2.75) is 51.5 Å². The van der Waals surface area contributed by atoms with Gasteiger partial charge in [-0.05, 0) is 44.7 Å². The van der Waals surface area contributed by atoms with Crippen molar-refractivity contribution < 1.29 is 9.59 Å². The van der Waals surface area contributed by atoms with Crippen LogP contribution < -0.4 is 5.32 Å². The summed E-state index contributed by atoms with van der Waals surface area (Å²) in [6, 6.07) is 3.68. The first-order valence-electron chi connectivity index (χ1n) is 10.6. The maximum absolute atomic E-state index is 13.1. The SMILES string of the molecule is CC(NC(=O)C1CCCCC1C(=O)N1CCCC1)c1nc(-c2ccncc2)cs1. The molecule has 3 unspecified atom stereocenters. The van der Waals surface area contributed by atoms with Gasteiger partial charge in [0.1, 0.15) is 5.01 Å². The summed E-state index contributed by atoms with van der Waals surface area (Å²) >= 11 is 1.55. The van der Waals surface area contributed by atoms with Gasteiger partial charge in [0.2, 0.25) is 11.8 Å². The van der Waals surface area contributed by atoms with E-state index in [2.05, 4.69) is 10.3 Å².